The summed E-state index contributed by atoms with van der Waals surface area (Å²) in [5, 5.41) is 0. The van der Waals surface area contributed by atoms with E-state index in [0.29, 0.717) is 0 Å². The minimum atomic E-state index is 0.194. The maximum absolute atomic E-state index is 5.79. The molecule has 0 unspecified atom stereocenters. The molecule has 0 radical (unpaired) electrons. The molecule has 0 saturated carbocycles. The van der Waals surface area contributed by atoms with Crippen LogP contribution in [0.25, 0.3) is 0 Å². The van der Waals surface area contributed by atoms with Gasteiger partial charge in [-0.25, -0.2) is 0 Å². The van der Waals surface area contributed by atoms with E-state index in [1.165, 1.54) is 9.13 Å². The van der Waals surface area contributed by atoms with Gasteiger partial charge < -0.3 is 5.73 Å². The Bertz CT molecular complexity index is 333. The van der Waals surface area contributed by atoms with Gasteiger partial charge in [0.05, 0.1) is 0 Å². The van der Waals surface area contributed by atoms with Gasteiger partial charge in [-0.2, -0.15) is 0 Å². The fraction of sp³-hybridized carbons (Fsp3) is 0.571. The monoisotopic (exact) mass is 346 g/mol. The van der Waals surface area contributed by atoms with E-state index in [-0.39, 0.29) is 5.41 Å². The van der Waals surface area contributed by atoms with E-state index < -0.39 is 0 Å². The maximum atomic E-state index is 5.79. The second-order valence-corrected chi connectivity index (χ2v) is 6.54. The molecule has 1 rings (SSSR count). The van der Waals surface area contributed by atoms with E-state index in [4.69, 9.17) is 5.73 Å². The summed E-state index contributed by atoms with van der Waals surface area (Å²) in [6.45, 7) is 10.5. The zero-order valence-corrected chi connectivity index (χ0v) is 13.2. The Balaban J connectivity index is 2.61. The fourth-order valence-electron chi connectivity index (χ4n) is 1.80. The largest absolute Gasteiger partial charge is 0.330 e. The number of nitrogens with two attached hydrogens (primary N) is 1. The van der Waals surface area contributed by atoms with Crippen LogP contribution >= 0.6 is 22.6 Å². The Morgan fingerprint density at radius 3 is 2.29 bits per heavy atom. The van der Waals surface area contributed by atoms with Gasteiger partial charge in [0.15, 0.2) is 0 Å². The fourth-order valence-corrected chi connectivity index (χ4v) is 2.16. The van der Waals surface area contributed by atoms with Gasteiger partial charge >= 0.3 is 0 Å². The van der Waals surface area contributed by atoms with Crippen molar-refractivity contribution in [3.8, 4) is 0 Å². The van der Waals surface area contributed by atoms with Gasteiger partial charge in [0.1, 0.15) is 0 Å². The third-order valence-corrected chi connectivity index (χ3v) is 3.69. The third-order valence-electron chi connectivity index (χ3n) is 2.97. The number of hydrogen-bond donors (Lipinski definition) is 1. The smallest absolute Gasteiger partial charge is 0.0233 e. The minimum absolute atomic E-state index is 0.194. The second-order valence-electron chi connectivity index (χ2n) is 5.30. The first-order valence-electron chi connectivity index (χ1n) is 6.14. The lowest BCUT2D eigenvalue weighted by Gasteiger charge is -2.31. The van der Waals surface area contributed by atoms with E-state index in [0.717, 1.165) is 26.2 Å². The first-order valence-corrected chi connectivity index (χ1v) is 7.21. The Kier molecular flexibility index (Phi) is 5.89. The van der Waals surface area contributed by atoms with Gasteiger partial charge in [-0.1, -0.05) is 32.9 Å². The highest BCUT2D eigenvalue weighted by Gasteiger charge is 2.19. The number of benzene rings is 1. The molecular weight excluding hydrogens is 323 g/mol. The van der Waals surface area contributed by atoms with E-state index in [1.807, 2.05) is 0 Å². The first-order chi connectivity index (χ1) is 7.96. The normalized spacial score (nSPS) is 12.1. The Morgan fingerprint density at radius 1 is 1.24 bits per heavy atom. The molecule has 0 aliphatic heterocycles. The van der Waals surface area contributed by atoms with Crippen LogP contribution in [-0.4, -0.2) is 24.5 Å². The third kappa shape index (κ3) is 5.36. The van der Waals surface area contributed by atoms with E-state index in [9.17, 15) is 0 Å². The standard InChI is InChI=1S/C14H23IN2/c1-4-17(11-14(2,3)10-16)9-12-5-7-13(15)8-6-12/h5-8H,4,9-11,16H2,1-3H3. The van der Waals surface area contributed by atoms with Crippen LogP contribution in [-0.2, 0) is 6.54 Å². The highest BCUT2D eigenvalue weighted by atomic mass is 127. The lowest BCUT2D eigenvalue weighted by Crippen LogP contribution is -2.38. The predicted octanol–water partition coefficient (Wildman–Crippen LogP) is 3.10. The Labute approximate surface area is 119 Å². The minimum Gasteiger partial charge on any atom is -0.330 e. The molecule has 0 saturated heterocycles. The van der Waals surface area contributed by atoms with E-state index >= 15 is 0 Å². The van der Waals surface area contributed by atoms with Gasteiger partial charge in [-0.3, -0.25) is 4.90 Å². The van der Waals surface area contributed by atoms with Crippen molar-refractivity contribution >= 4 is 22.6 Å². The predicted molar refractivity (Wildman–Crippen MR) is 82.9 cm³/mol. The van der Waals surface area contributed by atoms with Gasteiger partial charge in [0.25, 0.3) is 0 Å². The van der Waals surface area contributed by atoms with Crippen molar-refractivity contribution in [2.75, 3.05) is 19.6 Å². The van der Waals surface area contributed by atoms with Gasteiger partial charge in [-0.15, -0.1) is 0 Å². The van der Waals surface area contributed by atoms with Crippen LogP contribution in [0, 0.1) is 8.99 Å². The zero-order valence-electron chi connectivity index (χ0n) is 11.0. The number of halogens is 1. The van der Waals surface area contributed by atoms with Gasteiger partial charge in [0, 0.05) is 16.7 Å². The molecular formula is C14H23IN2. The molecule has 0 bridgehead atoms. The molecule has 3 heteroatoms. The molecule has 17 heavy (non-hydrogen) atoms. The summed E-state index contributed by atoms with van der Waals surface area (Å²) in [7, 11) is 0. The van der Waals surface area contributed by atoms with Crippen LogP contribution in [0.5, 0.6) is 0 Å². The molecule has 1 aromatic rings. The molecule has 0 aliphatic carbocycles. The molecule has 0 spiro atoms. The molecule has 96 valence electrons. The van der Waals surface area contributed by atoms with Crippen LogP contribution < -0.4 is 5.73 Å². The number of nitrogens with zero attached hydrogens (tertiary/aromatic N) is 1. The SMILES string of the molecule is CCN(Cc1ccc(I)cc1)CC(C)(C)CN. The van der Waals surface area contributed by atoms with E-state index in [1.54, 1.807) is 0 Å². The van der Waals surface area contributed by atoms with Crippen LogP contribution in [0.3, 0.4) is 0 Å². The van der Waals surface area contributed by atoms with Crippen molar-refractivity contribution in [3.63, 3.8) is 0 Å². The lowest BCUT2D eigenvalue weighted by molar-refractivity contribution is 0.183. The Morgan fingerprint density at radius 2 is 1.82 bits per heavy atom. The molecule has 0 aliphatic rings. The highest BCUT2D eigenvalue weighted by molar-refractivity contribution is 14.1. The quantitative estimate of drug-likeness (QED) is 0.802. The van der Waals surface area contributed by atoms with Crippen molar-refractivity contribution in [2.45, 2.75) is 27.3 Å². The lowest BCUT2D eigenvalue weighted by atomic mass is 9.93. The van der Waals surface area contributed by atoms with Crippen molar-refractivity contribution < 1.29 is 0 Å². The first kappa shape index (κ1) is 14.9. The maximum Gasteiger partial charge on any atom is 0.0233 e. The molecule has 0 heterocycles. The van der Waals surface area contributed by atoms with Crippen LogP contribution in [0.2, 0.25) is 0 Å². The van der Waals surface area contributed by atoms with E-state index in [2.05, 4.69) is 72.5 Å². The highest BCUT2D eigenvalue weighted by Crippen LogP contribution is 2.17. The summed E-state index contributed by atoms with van der Waals surface area (Å²) in [5.74, 6) is 0. The molecule has 2 nitrogen and oxygen atoms in total. The van der Waals surface area contributed by atoms with Gasteiger partial charge in [-0.05, 0) is 58.8 Å². The number of rotatable bonds is 6. The summed E-state index contributed by atoms with van der Waals surface area (Å²) in [5.41, 5.74) is 7.36. The average molecular weight is 346 g/mol. The average Bonchev–Trinajstić information content (AvgIpc) is 2.31. The molecule has 1 aromatic carbocycles. The molecule has 0 aromatic heterocycles. The van der Waals surface area contributed by atoms with Crippen molar-refractivity contribution in [1.29, 1.82) is 0 Å². The molecule has 0 amide bonds. The van der Waals surface area contributed by atoms with Crippen molar-refractivity contribution in [1.82, 2.24) is 4.90 Å². The zero-order chi connectivity index (χ0) is 12.9. The van der Waals surface area contributed by atoms with Crippen LogP contribution in [0.4, 0.5) is 0 Å². The summed E-state index contributed by atoms with van der Waals surface area (Å²) < 4.78 is 1.29. The van der Waals surface area contributed by atoms with Crippen molar-refractivity contribution in [2.24, 2.45) is 11.1 Å². The van der Waals surface area contributed by atoms with Gasteiger partial charge in [0.2, 0.25) is 0 Å². The van der Waals surface area contributed by atoms with Crippen molar-refractivity contribution in [3.05, 3.63) is 33.4 Å². The summed E-state index contributed by atoms with van der Waals surface area (Å²) in [6, 6.07) is 8.75. The summed E-state index contributed by atoms with van der Waals surface area (Å²) >= 11 is 2.34. The van der Waals surface area contributed by atoms with Crippen LogP contribution in [0.15, 0.2) is 24.3 Å². The summed E-state index contributed by atoms with van der Waals surface area (Å²) in [4.78, 5) is 2.45. The molecule has 0 atom stereocenters. The molecule has 2 N–H and O–H groups in total. The van der Waals surface area contributed by atoms with Crippen LogP contribution in [0.1, 0.15) is 26.3 Å². The second kappa shape index (κ2) is 6.71. The number of hydrogen-bond acceptors (Lipinski definition) is 2. The molecule has 0 fully saturated rings. The summed E-state index contributed by atoms with van der Waals surface area (Å²) in [6.07, 6.45) is 0. The topological polar surface area (TPSA) is 29.3 Å². The Hall–Kier alpha value is -0.130.